The third-order valence-electron chi connectivity index (χ3n) is 5.26. The number of hydrogen-bond donors (Lipinski definition) is 1. The van der Waals surface area contributed by atoms with E-state index in [1.165, 1.54) is 17.0 Å². The second-order valence-electron chi connectivity index (χ2n) is 8.51. The van der Waals surface area contributed by atoms with Crippen molar-refractivity contribution in [3.8, 4) is 0 Å². The molecule has 1 unspecified atom stereocenters. The van der Waals surface area contributed by atoms with E-state index in [4.69, 9.17) is 34.8 Å². The Hall–Kier alpha value is -2.00. The summed E-state index contributed by atoms with van der Waals surface area (Å²) in [6.45, 7) is 5.49. The monoisotopic (exact) mass is 561 g/mol. The van der Waals surface area contributed by atoms with Crippen LogP contribution in [0.25, 0.3) is 0 Å². The molecule has 0 saturated carbocycles. The summed E-state index contributed by atoms with van der Waals surface area (Å²) in [5.41, 5.74) is 0.626. The summed E-state index contributed by atoms with van der Waals surface area (Å²) in [6, 6.07) is 10.4. The molecular weight excluding hydrogens is 533 g/mol. The first kappa shape index (κ1) is 29.2. The van der Waals surface area contributed by atoms with Gasteiger partial charge in [-0.25, -0.2) is 8.42 Å². The number of sulfonamides is 1. The maximum absolute atomic E-state index is 13.7. The third kappa shape index (κ3) is 8.00. The van der Waals surface area contributed by atoms with Crippen LogP contribution in [0.5, 0.6) is 0 Å². The minimum Gasteiger partial charge on any atom is -0.354 e. The lowest BCUT2D eigenvalue weighted by Crippen LogP contribution is -2.52. The van der Waals surface area contributed by atoms with Gasteiger partial charge in [0, 0.05) is 28.7 Å². The van der Waals surface area contributed by atoms with E-state index in [0.717, 1.165) is 10.6 Å². The van der Waals surface area contributed by atoms with Crippen molar-refractivity contribution in [2.75, 3.05) is 23.7 Å². The first-order valence-corrected chi connectivity index (χ1v) is 14.1. The zero-order chi connectivity index (χ0) is 26.3. The van der Waals surface area contributed by atoms with Crippen molar-refractivity contribution in [2.24, 2.45) is 5.92 Å². The standard InChI is InChI=1S/C24H30Cl3N3O4S/c1-5-21(24(32)28-13-16(2)3)29(14-17-18(25)10-8-11-19(17)26)23(31)15-30(35(4,33)34)22-12-7-6-9-20(22)27/h6-12,16,21H,5,13-15H2,1-4H3,(H,28,32). The molecule has 0 aromatic heterocycles. The van der Waals surface area contributed by atoms with Gasteiger partial charge in [-0.15, -0.1) is 0 Å². The van der Waals surface area contributed by atoms with Crippen LogP contribution in [0.2, 0.25) is 15.1 Å². The summed E-state index contributed by atoms with van der Waals surface area (Å²) in [4.78, 5) is 28.1. The molecule has 0 saturated heterocycles. The average molecular weight is 563 g/mol. The molecule has 11 heteroatoms. The van der Waals surface area contributed by atoms with Gasteiger partial charge in [-0.1, -0.05) is 73.8 Å². The van der Waals surface area contributed by atoms with Crippen LogP contribution in [0.3, 0.4) is 0 Å². The van der Waals surface area contributed by atoms with Gasteiger partial charge in [-0.2, -0.15) is 0 Å². The Morgan fingerprint density at radius 3 is 2.06 bits per heavy atom. The fourth-order valence-electron chi connectivity index (χ4n) is 3.44. The van der Waals surface area contributed by atoms with Crippen LogP contribution in [0.4, 0.5) is 5.69 Å². The molecule has 2 amide bonds. The van der Waals surface area contributed by atoms with E-state index >= 15 is 0 Å². The molecule has 0 radical (unpaired) electrons. The quantitative estimate of drug-likeness (QED) is 0.418. The van der Waals surface area contributed by atoms with Crippen LogP contribution in [0.15, 0.2) is 42.5 Å². The summed E-state index contributed by atoms with van der Waals surface area (Å²) in [6.07, 6.45) is 1.29. The fourth-order valence-corrected chi connectivity index (χ4v) is 5.11. The summed E-state index contributed by atoms with van der Waals surface area (Å²) < 4.78 is 26.2. The highest BCUT2D eigenvalue weighted by atomic mass is 35.5. The Balaban J connectivity index is 2.50. The zero-order valence-electron chi connectivity index (χ0n) is 20.1. The number of amides is 2. The molecule has 7 nitrogen and oxygen atoms in total. The molecule has 1 atom stereocenters. The molecule has 0 heterocycles. The highest BCUT2D eigenvalue weighted by Crippen LogP contribution is 2.29. The van der Waals surface area contributed by atoms with Crippen molar-refractivity contribution in [3.05, 3.63) is 63.1 Å². The average Bonchev–Trinajstić information content (AvgIpc) is 2.77. The van der Waals surface area contributed by atoms with Crippen LogP contribution in [-0.4, -0.2) is 50.5 Å². The van der Waals surface area contributed by atoms with Crippen molar-refractivity contribution < 1.29 is 18.0 Å². The van der Waals surface area contributed by atoms with Crippen LogP contribution in [0.1, 0.15) is 32.8 Å². The number of nitrogens with one attached hydrogen (secondary N) is 1. The molecule has 2 rings (SSSR count). The van der Waals surface area contributed by atoms with Crippen LogP contribution in [0, 0.1) is 5.92 Å². The number of nitrogens with zero attached hydrogens (tertiary/aromatic N) is 2. The first-order chi connectivity index (χ1) is 16.4. The van der Waals surface area contributed by atoms with Crippen LogP contribution < -0.4 is 9.62 Å². The molecule has 0 aliphatic rings. The van der Waals surface area contributed by atoms with E-state index in [0.29, 0.717) is 28.6 Å². The van der Waals surface area contributed by atoms with Gasteiger partial charge >= 0.3 is 0 Å². The number of anilines is 1. The molecule has 0 spiro atoms. The van der Waals surface area contributed by atoms with Crippen LogP contribution >= 0.6 is 34.8 Å². The predicted molar refractivity (Wildman–Crippen MR) is 143 cm³/mol. The van der Waals surface area contributed by atoms with E-state index in [2.05, 4.69) is 5.32 Å². The maximum Gasteiger partial charge on any atom is 0.244 e. The molecule has 2 aromatic carbocycles. The SMILES string of the molecule is CCC(C(=O)NCC(C)C)N(Cc1c(Cl)cccc1Cl)C(=O)CN(c1ccccc1Cl)S(C)(=O)=O. The Labute approximate surface area is 222 Å². The lowest BCUT2D eigenvalue weighted by molar-refractivity contribution is -0.140. The molecular formula is C24H30Cl3N3O4S. The summed E-state index contributed by atoms with van der Waals surface area (Å²) in [5.74, 6) is -0.737. The van der Waals surface area contributed by atoms with Crippen molar-refractivity contribution in [2.45, 2.75) is 39.8 Å². The van der Waals surface area contributed by atoms with E-state index < -0.39 is 28.5 Å². The molecule has 0 fully saturated rings. The Kier molecular flexibility index (Phi) is 10.7. The number of para-hydroxylation sites is 1. The maximum atomic E-state index is 13.7. The van der Waals surface area contributed by atoms with Gasteiger partial charge in [0.15, 0.2) is 0 Å². The number of carbonyl (C=O) groups excluding carboxylic acids is 2. The molecule has 0 aliphatic carbocycles. The number of benzene rings is 2. The predicted octanol–water partition coefficient (Wildman–Crippen LogP) is 4.99. The van der Waals surface area contributed by atoms with Crippen LogP contribution in [-0.2, 0) is 26.2 Å². The molecule has 2 aromatic rings. The molecule has 192 valence electrons. The van der Waals surface area contributed by atoms with E-state index in [1.54, 1.807) is 37.3 Å². The van der Waals surface area contributed by atoms with E-state index in [9.17, 15) is 18.0 Å². The number of rotatable bonds is 11. The zero-order valence-corrected chi connectivity index (χ0v) is 23.2. The molecule has 35 heavy (non-hydrogen) atoms. The smallest absolute Gasteiger partial charge is 0.244 e. The number of halogens is 3. The lowest BCUT2D eigenvalue weighted by Gasteiger charge is -2.33. The largest absolute Gasteiger partial charge is 0.354 e. The second-order valence-corrected chi connectivity index (χ2v) is 11.6. The molecule has 0 bridgehead atoms. The van der Waals surface area contributed by atoms with Crippen molar-refractivity contribution in [3.63, 3.8) is 0 Å². The van der Waals surface area contributed by atoms with Gasteiger partial charge in [0.2, 0.25) is 21.8 Å². The van der Waals surface area contributed by atoms with Gasteiger partial charge in [0.1, 0.15) is 12.6 Å². The molecule has 0 aliphatic heterocycles. The summed E-state index contributed by atoms with van der Waals surface area (Å²) in [7, 11) is -3.88. The van der Waals surface area contributed by atoms with E-state index in [-0.39, 0.29) is 29.1 Å². The molecule has 1 N–H and O–H groups in total. The highest BCUT2D eigenvalue weighted by molar-refractivity contribution is 7.92. The summed E-state index contributed by atoms with van der Waals surface area (Å²) >= 11 is 19.0. The van der Waals surface area contributed by atoms with Crippen molar-refractivity contribution in [1.29, 1.82) is 0 Å². The lowest BCUT2D eigenvalue weighted by atomic mass is 10.1. The van der Waals surface area contributed by atoms with Gasteiger partial charge < -0.3 is 10.2 Å². The van der Waals surface area contributed by atoms with Crippen molar-refractivity contribution in [1.82, 2.24) is 10.2 Å². The Morgan fingerprint density at radius 2 is 1.54 bits per heavy atom. The van der Waals surface area contributed by atoms with Gasteiger partial charge in [0.05, 0.1) is 17.0 Å². The highest BCUT2D eigenvalue weighted by Gasteiger charge is 2.33. The number of hydrogen-bond acceptors (Lipinski definition) is 4. The second kappa shape index (κ2) is 12.8. The Bertz CT molecular complexity index is 1140. The topological polar surface area (TPSA) is 86.8 Å². The van der Waals surface area contributed by atoms with Crippen molar-refractivity contribution >= 4 is 62.3 Å². The third-order valence-corrected chi connectivity index (χ3v) is 7.42. The minimum absolute atomic E-state index is 0.0783. The van der Waals surface area contributed by atoms with Gasteiger partial charge in [-0.3, -0.25) is 13.9 Å². The number of carbonyl (C=O) groups is 2. The van der Waals surface area contributed by atoms with Gasteiger partial charge in [0.25, 0.3) is 0 Å². The first-order valence-electron chi connectivity index (χ1n) is 11.1. The Morgan fingerprint density at radius 1 is 0.971 bits per heavy atom. The normalized spacial score (nSPS) is 12.3. The fraction of sp³-hybridized carbons (Fsp3) is 0.417. The van der Waals surface area contributed by atoms with E-state index in [1.807, 2.05) is 13.8 Å². The summed E-state index contributed by atoms with van der Waals surface area (Å²) in [5, 5.41) is 3.69. The van der Waals surface area contributed by atoms with Gasteiger partial charge in [-0.05, 0) is 36.6 Å². The minimum atomic E-state index is -3.88.